The summed E-state index contributed by atoms with van der Waals surface area (Å²) < 4.78 is 0. The van der Waals surface area contributed by atoms with E-state index < -0.39 is 0 Å². The third-order valence-corrected chi connectivity index (χ3v) is 3.61. The third-order valence-electron chi connectivity index (χ3n) is 3.61. The van der Waals surface area contributed by atoms with Gasteiger partial charge in [-0.25, -0.2) is 0 Å². The molecule has 1 aromatic carbocycles. The highest BCUT2D eigenvalue weighted by Crippen LogP contribution is 2.27. The molecule has 0 spiro atoms. The minimum atomic E-state index is 0.172. The number of ketones is 1. The average molecular weight is 256 g/mol. The molecular weight excluding hydrogens is 236 g/mol. The molecule has 1 fully saturated rings. The molecule has 2 rings (SSSR count). The molecule has 1 aliphatic carbocycles. The fourth-order valence-corrected chi connectivity index (χ4v) is 2.33. The Morgan fingerprint density at radius 1 is 1.42 bits per heavy atom. The Bertz CT molecular complexity index is 512. The van der Waals surface area contributed by atoms with Crippen LogP contribution in [0.25, 0.3) is 0 Å². The molecule has 0 atom stereocenters. The lowest BCUT2D eigenvalue weighted by atomic mass is 10.0. The second-order valence-electron chi connectivity index (χ2n) is 5.35. The number of Topliss-reactive ketones (excluding diaryl/α,β-unsaturated/α-hetero) is 1. The van der Waals surface area contributed by atoms with Crippen LogP contribution in [0.15, 0.2) is 18.2 Å². The summed E-state index contributed by atoms with van der Waals surface area (Å²) in [6.07, 6.45) is 2.81. The summed E-state index contributed by atoms with van der Waals surface area (Å²) in [5.41, 5.74) is 2.97. The molecule has 1 aromatic rings. The lowest BCUT2D eigenvalue weighted by Gasteiger charge is -2.20. The Balaban J connectivity index is 2.06. The molecule has 0 heterocycles. The van der Waals surface area contributed by atoms with Crippen LogP contribution in [0.4, 0.5) is 0 Å². The first-order chi connectivity index (χ1) is 9.11. The molecule has 3 heteroatoms. The van der Waals surface area contributed by atoms with Crippen LogP contribution in [0, 0.1) is 25.2 Å². The van der Waals surface area contributed by atoms with Crippen LogP contribution >= 0.6 is 0 Å². The summed E-state index contributed by atoms with van der Waals surface area (Å²) in [7, 11) is 0. The molecule has 0 aromatic heterocycles. The van der Waals surface area contributed by atoms with E-state index in [1.165, 1.54) is 0 Å². The molecular formula is C16H20N2O. The average Bonchev–Trinajstić information content (AvgIpc) is 3.21. The van der Waals surface area contributed by atoms with Gasteiger partial charge >= 0.3 is 0 Å². The van der Waals surface area contributed by atoms with Crippen LogP contribution < -0.4 is 0 Å². The molecule has 19 heavy (non-hydrogen) atoms. The standard InChI is InChI=1S/C16H20N2O/c1-12-4-5-13(2)15(10-12)16(19)11-18(9-3-8-17)14-6-7-14/h4-5,10,14H,3,6-7,9,11H2,1-2H3. The van der Waals surface area contributed by atoms with Gasteiger partial charge in [0.25, 0.3) is 0 Å². The highest BCUT2D eigenvalue weighted by molar-refractivity contribution is 5.99. The van der Waals surface area contributed by atoms with Gasteiger partial charge in [-0.15, -0.1) is 0 Å². The van der Waals surface area contributed by atoms with Crippen molar-refractivity contribution in [3.05, 3.63) is 34.9 Å². The van der Waals surface area contributed by atoms with Crippen molar-refractivity contribution in [3.63, 3.8) is 0 Å². The number of benzene rings is 1. The van der Waals surface area contributed by atoms with E-state index in [2.05, 4.69) is 11.0 Å². The normalized spacial score (nSPS) is 14.4. The van der Waals surface area contributed by atoms with Crippen LogP contribution in [0.2, 0.25) is 0 Å². The van der Waals surface area contributed by atoms with Gasteiger partial charge in [0.1, 0.15) is 0 Å². The molecule has 1 saturated carbocycles. The second kappa shape index (κ2) is 5.99. The Morgan fingerprint density at radius 3 is 2.79 bits per heavy atom. The zero-order valence-electron chi connectivity index (χ0n) is 11.6. The number of hydrogen-bond donors (Lipinski definition) is 0. The van der Waals surface area contributed by atoms with Crippen LogP contribution in [-0.2, 0) is 0 Å². The van der Waals surface area contributed by atoms with E-state index in [9.17, 15) is 4.79 Å². The van der Waals surface area contributed by atoms with Gasteiger partial charge in [-0.1, -0.05) is 17.7 Å². The molecule has 0 aliphatic heterocycles. The van der Waals surface area contributed by atoms with E-state index in [-0.39, 0.29) is 5.78 Å². The first-order valence-corrected chi connectivity index (χ1v) is 6.83. The Hall–Kier alpha value is -1.66. The number of aryl methyl sites for hydroxylation is 2. The van der Waals surface area contributed by atoms with Gasteiger partial charge in [0.15, 0.2) is 5.78 Å². The SMILES string of the molecule is Cc1ccc(C)c(C(=O)CN(CCC#N)C2CC2)c1. The summed E-state index contributed by atoms with van der Waals surface area (Å²) in [4.78, 5) is 14.6. The minimum Gasteiger partial charge on any atom is -0.293 e. The predicted octanol–water partition coefficient (Wildman–Crippen LogP) is 2.86. The molecule has 0 unspecified atom stereocenters. The van der Waals surface area contributed by atoms with Crippen molar-refractivity contribution in [2.24, 2.45) is 0 Å². The molecule has 0 amide bonds. The maximum absolute atomic E-state index is 12.4. The van der Waals surface area contributed by atoms with Crippen molar-refractivity contribution in [2.75, 3.05) is 13.1 Å². The number of nitriles is 1. The molecule has 0 radical (unpaired) electrons. The van der Waals surface area contributed by atoms with E-state index >= 15 is 0 Å². The molecule has 1 aliphatic rings. The van der Waals surface area contributed by atoms with Gasteiger partial charge in [0, 0.05) is 24.6 Å². The summed E-state index contributed by atoms with van der Waals surface area (Å²) in [5, 5.41) is 8.69. The summed E-state index contributed by atoms with van der Waals surface area (Å²) in [5.74, 6) is 0.172. The van der Waals surface area contributed by atoms with Crippen LogP contribution in [0.3, 0.4) is 0 Å². The van der Waals surface area contributed by atoms with E-state index in [0.717, 1.165) is 29.5 Å². The molecule has 0 N–H and O–H groups in total. The lowest BCUT2D eigenvalue weighted by molar-refractivity contribution is 0.0925. The second-order valence-corrected chi connectivity index (χ2v) is 5.35. The van der Waals surface area contributed by atoms with Crippen molar-refractivity contribution >= 4 is 5.78 Å². The van der Waals surface area contributed by atoms with E-state index in [1.807, 2.05) is 32.0 Å². The maximum atomic E-state index is 12.4. The number of hydrogen-bond acceptors (Lipinski definition) is 3. The molecule has 0 bridgehead atoms. The zero-order chi connectivity index (χ0) is 13.8. The summed E-state index contributed by atoms with van der Waals surface area (Å²) in [6, 6.07) is 8.67. The van der Waals surface area contributed by atoms with Crippen molar-refractivity contribution in [1.82, 2.24) is 4.90 Å². The van der Waals surface area contributed by atoms with Crippen molar-refractivity contribution in [3.8, 4) is 6.07 Å². The van der Waals surface area contributed by atoms with Gasteiger partial charge < -0.3 is 0 Å². The number of carbonyl (C=O) groups excluding carboxylic acids is 1. The number of nitrogens with zero attached hydrogens (tertiary/aromatic N) is 2. The van der Waals surface area contributed by atoms with Crippen LogP contribution in [-0.4, -0.2) is 29.8 Å². The van der Waals surface area contributed by atoms with E-state index in [1.54, 1.807) is 0 Å². The lowest BCUT2D eigenvalue weighted by Crippen LogP contribution is -2.33. The monoisotopic (exact) mass is 256 g/mol. The van der Waals surface area contributed by atoms with Gasteiger partial charge in [0.05, 0.1) is 12.6 Å². The summed E-state index contributed by atoms with van der Waals surface area (Å²) >= 11 is 0. The Labute approximate surface area is 114 Å². The van der Waals surface area contributed by atoms with Gasteiger partial charge in [0.2, 0.25) is 0 Å². The largest absolute Gasteiger partial charge is 0.293 e. The highest BCUT2D eigenvalue weighted by atomic mass is 16.1. The van der Waals surface area contributed by atoms with Gasteiger partial charge in [-0.3, -0.25) is 9.69 Å². The molecule has 3 nitrogen and oxygen atoms in total. The summed E-state index contributed by atoms with van der Waals surface area (Å²) in [6.45, 7) is 5.13. The predicted molar refractivity (Wildman–Crippen MR) is 75.1 cm³/mol. The quantitative estimate of drug-likeness (QED) is 0.735. The van der Waals surface area contributed by atoms with E-state index in [0.29, 0.717) is 25.6 Å². The topological polar surface area (TPSA) is 44.1 Å². The Morgan fingerprint density at radius 2 is 2.16 bits per heavy atom. The fourth-order valence-electron chi connectivity index (χ4n) is 2.33. The van der Waals surface area contributed by atoms with Crippen LogP contribution in [0.5, 0.6) is 0 Å². The fraction of sp³-hybridized carbons (Fsp3) is 0.500. The van der Waals surface area contributed by atoms with Crippen LogP contribution in [0.1, 0.15) is 40.7 Å². The smallest absolute Gasteiger partial charge is 0.177 e. The van der Waals surface area contributed by atoms with Gasteiger partial charge in [-0.05, 0) is 38.3 Å². The zero-order valence-corrected chi connectivity index (χ0v) is 11.6. The van der Waals surface area contributed by atoms with Gasteiger partial charge in [-0.2, -0.15) is 5.26 Å². The van der Waals surface area contributed by atoms with Crippen molar-refractivity contribution in [1.29, 1.82) is 5.26 Å². The van der Waals surface area contributed by atoms with Crippen molar-refractivity contribution in [2.45, 2.75) is 39.2 Å². The molecule has 0 saturated heterocycles. The minimum absolute atomic E-state index is 0.172. The van der Waals surface area contributed by atoms with E-state index in [4.69, 9.17) is 5.26 Å². The third kappa shape index (κ3) is 3.65. The van der Waals surface area contributed by atoms with Crippen molar-refractivity contribution < 1.29 is 4.79 Å². The maximum Gasteiger partial charge on any atom is 0.177 e. The highest BCUT2D eigenvalue weighted by Gasteiger charge is 2.30. The molecule has 100 valence electrons. The Kier molecular flexibility index (Phi) is 4.34. The first-order valence-electron chi connectivity index (χ1n) is 6.83. The first kappa shape index (κ1) is 13.8. The number of carbonyl (C=O) groups is 1. The number of rotatable bonds is 6.